The van der Waals surface area contributed by atoms with E-state index in [1.165, 1.54) is 11.8 Å². The van der Waals surface area contributed by atoms with Crippen molar-refractivity contribution in [2.75, 3.05) is 25.3 Å². The highest BCUT2D eigenvalue weighted by Crippen LogP contribution is 2.49. The SMILES string of the molecule is C=CCSc1nc2c(c(=O)[nH]1)C(c1cc(OC)ccc1OC)C1=C(CC(C)(C)CC1=O)N2. The van der Waals surface area contributed by atoms with Crippen molar-refractivity contribution in [3.63, 3.8) is 0 Å². The number of nitrogens with zero attached hydrogens (tertiary/aromatic N) is 1. The number of nitrogens with one attached hydrogen (secondary N) is 2. The van der Waals surface area contributed by atoms with E-state index < -0.39 is 5.92 Å². The minimum Gasteiger partial charge on any atom is -0.497 e. The lowest BCUT2D eigenvalue weighted by Crippen LogP contribution is -2.37. The van der Waals surface area contributed by atoms with Crippen molar-refractivity contribution in [1.82, 2.24) is 9.97 Å². The Morgan fingerprint density at radius 1 is 1.25 bits per heavy atom. The van der Waals surface area contributed by atoms with E-state index in [1.807, 2.05) is 6.07 Å². The number of hydrogen-bond acceptors (Lipinski definition) is 7. The third kappa shape index (κ3) is 3.95. The minimum absolute atomic E-state index is 0.0220. The molecule has 2 aromatic rings. The summed E-state index contributed by atoms with van der Waals surface area (Å²) in [6.45, 7) is 7.87. The van der Waals surface area contributed by atoms with Crippen LogP contribution in [0.1, 0.15) is 43.7 Å². The van der Waals surface area contributed by atoms with Crippen LogP contribution < -0.4 is 20.3 Å². The highest BCUT2D eigenvalue weighted by Gasteiger charge is 2.43. The molecule has 1 aromatic carbocycles. The van der Waals surface area contributed by atoms with Crippen molar-refractivity contribution < 1.29 is 14.3 Å². The van der Waals surface area contributed by atoms with Gasteiger partial charge in [-0.1, -0.05) is 31.7 Å². The molecule has 8 heteroatoms. The van der Waals surface area contributed by atoms with Gasteiger partial charge in [0, 0.05) is 29.0 Å². The van der Waals surface area contributed by atoms with E-state index >= 15 is 0 Å². The molecule has 0 bridgehead atoms. The summed E-state index contributed by atoms with van der Waals surface area (Å²) in [6.07, 6.45) is 2.84. The van der Waals surface area contributed by atoms with Gasteiger partial charge in [0.25, 0.3) is 5.56 Å². The number of ether oxygens (including phenoxy) is 2. The van der Waals surface area contributed by atoms with Crippen LogP contribution in [-0.4, -0.2) is 35.7 Å². The fraction of sp³-hybridized carbons (Fsp3) is 0.375. The number of Topliss-reactive ketones (excluding diaryl/α,β-unsaturated/α-hetero) is 1. The van der Waals surface area contributed by atoms with Crippen LogP contribution in [0.4, 0.5) is 5.82 Å². The van der Waals surface area contributed by atoms with Crippen molar-refractivity contribution in [1.29, 1.82) is 0 Å². The molecule has 168 valence electrons. The number of H-pyrrole nitrogens is 1. The molecule has 2 aliphatic rings. The normalized spacial score (nSPS) is 19.0. The Morgan fingerprint density at radius 2 is 2.03 bits per heavy atom. The molecular weight excluding hydrogens is 426 g/mol. The molecule has 0 saturated heterocycles. The van der Waals surface area contributed by atoms with Gasteiger partial charge in [-0.25, -0.2) is 4.98 Å². The first-order chi connectivity index (χ1) is 15.3. The maximum absolute atomic E-state index is 13.4. The van der Waals surface area contributed by atoms with Gasteiger partial charge in [0.05, 0.1) is 25.7 Å². The van der Waals surface area contributed by atoms with Crippen LogP contribution in [0.25, 0.3) is 0 Å². The molecular formula is C24H27N3O4S. The van der Waals surface area contributed by atoms with Crippen molar-refractivity contribution >= 4 is 23.4 Å². The monoisotopic (exact) mass is 453 g/mol. The standard InChI is InChI=1S/C24H27N3O4S/c1-6-9-32-23-26-21-20(22(29)27-23)18(14-10-13(30-4)7-8-17(14)31-5)19-15(25-21)11-24(2,3)12-16(19)28/h6-8,10,18H,1,9,11-12H2,2-5H3,(H2,25,26,27,29). The molecule has 0 spiro atoms. The maximum Gasteiger partial charge on any atom is 0.257 e. The van der Waals surface area contributed by atoms with Crippen LogP contribution >= 0.6 is 11.8 Å². The highest BCUT2D eigenvalue weighted by atomic mass is 32.2. The number of allylic oxidation sites excluding steroid dienone is 2. The number of ketones is 1. The summed E-state index contributed by atoms with van der Waals surface area (Å²) in [6, 6.07) is 5.42. The van der Waals surface area contributed by atoms with E-state index in [9.17, 15) is 9.59 Å². The van der Waals surface area contributed by atoms with Gasteiger partial charge in [-0.05, 0) is 30.0 Å². The number of thioether (sulfide) groups is 1. The third-order valence-electron chi connectivity index (χ3n) is 5.79. The topological polar surface area (TPSA) is 93.3 Å². The first kappa shape index (κ1) is 22.2. The number of methoxy groups -OCH3 is 2. The third-order valence-corrected chi connectivity index (χ3v) is 6.66. The second-order valence-corrected chi connectivity index (χ2v) is 9.74. The Labute approximate surface area is 191 Å². The number of benzene rings is 1. The number of aromatic amines is 1. The van der Waals surface area contributed by atoms with Gasteiger partial charge in [0.15, 0.2) is 10.9 Å². The van der Waals surface area contributed by atoms with Gasteiger partial charge >= 0.3 is 0 Å². The van der Waals surface area contributed by atoms with E-state index in [0.29, 0.717) is 57.8 Å². The molecule has 1 atom stereocenters. The van der Waals surface area contributed by atoms with Gasteiger partial charge < -0.3 is 19.8 Å². The van der Waals surface area contributed by atoms with Gasteiger partial charge in [-0.3, -0.25) is 9.59 Å². The second kappa shape index (κ2) is 8.50. The molecule has 1 aliphatic carbocycles. The van der Waals surface area contributed by atoms with E-state index in [0.717, 1.165) is 5.70 Å². The summed E-state index contributed by atoms with van der Waals surface area (Å²) < 4.78 is 11.1. The molecule has 7 nitrogen and oxygen atoms in total. The molecule has 2 N–H and O–H groups in total. The van der Waals surface area contributed by atoms with Crippen LogP contribution in [0.2, 0.25) is 0 Å². The zero-order chi connectivity index (χ0) is 23.0. The van der Waals surface area contributed by atoms with Crippen molar-refractivity contribution in [3.05, 3.63) is 63.6 Å². The molecule has 32 heavy (non-hydrogen) atoms. The number of fused-ring (bicyclic) bond motifs is 1. The van der Waals surface area contributed by atoms with Crippen LogP contribution in [-0.2, 0) is 4.79 Å². The quantitative estimate of drug-likeness (QED) is 0.383. The lowest BCUT2D eigenvalue weighted by atomic mass is 9.69. The smallest absolute Gasteiger partial charge is 0.257 e. The molecule has 1 aliphatic heterocycles. The number of carbonyl (C=O) groups is 1. The summed E-state index contributed by atoms with van der Waals surface area (Å²) in [5, 5.41) is 3.83. The Hall–Kier alpha value is -3.00. The maximum atomic E-state index is 13.4. The molecule has 1 aromatic heterocycles. The highest BCUT2D eigenvalue weighted by molar-refractivity contribution is 7.99. The molecule has 2 heterocycles. The van der Waals surface area contributed by atoms with Gasteiger partial charge in [0.2, 0.25) is 0 Å². The summed E-state index contributed by atoms with van der Waals surface area (Å²) >= 11 is 1.40. The van der Waals surface area contributed by atoms with Crippen LogP contribution in [0.15, 0.2) is 52.1 Å². The molecule has 4 rings (SSSR count). The van der Waals surface area contributed by atoms with Crippen molar-refractivity contribution in [2.45, 2.75) is 37.8 Å². The Kier molecular flexibility index (Phi) is 5.90. The second-order valence-electron chi connectivity index (χ2n) is 8.73. The Balaban J connectivity index is 1.98. The lowest BCUT2D eigenvalue weighted by Gasteiger charge is -2.38. The number of rotatable bonds is 6. The molecule has 0 saturated carbocycles. The number of anilines is 1. The zero-order valence-corrected chi connectivity index (χ0v) is 19.5. The average Bonchev–Trinajstić information content (AvgIpc) is 2.74. The molecule has 0 radical (unpaired) electrons. The van der Waals surface area contributed by atoms with Crippen LogP contribution in [0, 0.1) is 5.41 Å². The van der Waals surface area contributed by atoms with E-state index in [-0.39, 0.29) is 16.8 Å². The van der Waals surface area contributed by atoms with Crippen LogP contribution in [0.3, 0.4) is 0 Å². The molecule has 0 amide bonds. The fourth-order valence-corrected chi connectivity index (χ4v) is 5.07. The van der Waals surface area contributed by atoms with Gasteiger partial charge in [-0.15, -0.1) is 6.58 Å². The summed E-state index contributed by atoms with van der Waals surface area (Å²) in [4.78, 5) is 34.3. The lowest BCUT2D eigenvalue weighted by molar-refractivity contribution is -0.118. The molecule has 0 fully saturated rings. The van der Waals surface area contributed by atoms with E-state index in [4.69, 9.17) is 9.47 Å². The summed E-state index contributed by atoms with van der Waals surface area (Å²) in [5.41, 5.74) is 2.05. The van der Waals surface area contributed by atoms with Gasteiger partial charge in [-0.2, -0.15) is 0 Å². The Bertz CT molecular complexity index is 1180. The first-order valence-electron chi connectivity index (χ1n) is 10.4. The van der Waals surface area contributed by atoms with E-state index in [2.05, 4.69) is 35.7 Å². The average molecular weight is 454 g/mol. The number of carbonyl (C=O) groups excluding carboxylic acids is 1. The van der Waals surface area contributed by atoms with Crippen molar-refractivity contribution in [3.8, 4) is 11.5 Å². The predicted molar refractivity (Wildman–Crippen MR) is 126 cm³/mol. The number of hydrogen-bond donors (Lipinski definition) is 2. The van der Waals surface area contributed by atoms with Crippen molar-refractivity contribution in [2.24, 2.45) is 5.41 Å². The Morgan fingerprint density at radius 3 is 2.72 bits per heavy atom. The first-order valence-corrected chi connectivity index (χ1v) is 11.4. The summed E-state index contributed by atoms with van der Waals surface area (Å²) in [7, 11) is 3.16. The largest absolute Gasteiger partial charge is 0.497 e. The zero-order valence-electron chi connectivity index (χ0n) is 18.7. The van der Waals surface area contributed by atoms with Crippen LogP contribution in [0.5, 0.6) is 11.5 Å². The fourth-order valence-electron chi connectivity index (χ4n) is 4.48. The van der Waals surface area contributed by atoms with E-state index in [1.54, 1.807) is 32.4 Å². The predicted octanol–water partition coefficient (Wildman–Crippen LogP) is 4.27. The van der Waals surface area contributed by atoms with Gasteiger partial charge in [0.1, 0.15) is 17.3 Å². The summed E-state index contributed by atoms with van der Waals surface area (Å²) in [5.74, 6) is 1.71. The minimum atomic E-state index is -0.607. The number of aromatic nitrogens is 2. The molecule has 1 unspecified atom stereocenters.